The molecular weight excluding hydrogens is 380 g/mol. The van der Waals surface area contributed by atoms with E-state index in [1.54, 1.807) is 12.3 Å². The van der Waals surface area contributed by atoms with Crippen LogP contribution in [-0.4, -0.2) is 39.7 Å². The maximum atomic E-state index is 12.6. The molecule has 28 heavy (non-hydrogen) atoms. The van der Waals surface area contributed by atoms with E-state index in [1.165, 1.54) is 11.3 Å². The summed E-state index contributed by atoms with van der Waals surface area (Å²) in [6.45, 7) is 1.30. The molecule has 1 aliphatic carbocycles. The van der Waals surface area contributed by atoms with Crippen LogP contribution in [0.4, 0.5) is 0 Å². The second-order valence-corrected chi connectivity index (χ2v) is 8.17. The number of aromatic amines is 1. The van der Waals surface area contributed by atoms with Gasteiger partial charge in [-0.3, -0.25) is 14.3 Å². The number of fused-ring (bicyclic) bond motifs is 1. The zero-order valence-corrected chi connectivity index (χ0v) is 16.0. The number of amides is 1. The van der Waals surface area contributed by atoms with E-state index in [9.17, 15) is 9.59 Å². The van der Waals surface area contributed by atoms with Gasteiger partial charge in [0.1, 0.15) is 5.69 Å². The molecule has 0 bridgehead atoms. The number of rotatable bonds is 3. The third-order valence-corrected chi connectivity index (χ3v) is 6.57. The monoisotopic (exact) mass is 400 g/mol. The van der Waals surface area contributed by atoms with Crippen molar-refractivity contribution in [1.29, 1.82) is 0 Å². The first-order valence-corrected chi connectivity index (χ1v) is 10.2. The number of nitrogens with zero attached hydrogens (tertiary/aromatic N) is 2. The summed E-state index contributed by atoms with van der Waals surface area (Å²) < 4.78 is 13.6. The fraction of sp³-hybridized carbons (Fsp3) is 0.421. The van der Waals surface area contributed by atoms with Crippen LogP contribution in [0.2, 0.25) is 0 Å². The maximum Gasteiger partial charge on any atom is 0.259 e. The van der Waals surface area contributed by atoms with Gasteiger partial charge in [-0.1, -0.05) is 0 Å². The predicted molar refractivity (Wildman–Crippen MR) is 104 cm³/mol. The average molecular weight is 400 g/mol. The number of carbonyl (C=O) groups is 1. The lowest BCUT2D eigenvalue weighted by molar-refractivity contribution is -0.181. The number of nitrogens with one attached hydrogen (secondary N) is 1. The molecule has 1 saturated heterocycles. The highest BCUT2D eigenvalue weighted by molar-refractivity contribution is 7.12. The van der Waals surface area contributed by atoms with Crippen molar-refractivity contribution < 1.29 is 14.3 Å². The van der Waals surface area contributed by atoms with Gasteiger partial charge < -0.3 is 20.2 Å². The Bertz CT molecular complexity index is 1100. The Balaban J connectivity index is 1.56. The smallest absolute Gasteiger partial charge is 0.259 e. The van der Waals surface area contributed by atoms with E-state index in [0.717, 1.165) is 36.8 Å². The minimum Gasteiger partial charge on any atom is -0.365 e. The molecule has 3 aromatic heterocycles. The number of H-pyrrole nitrogens is 1. The molecule has 1 saturated carbocycles. The Morgan fingerprint density at radius 3 is 2.75 bits per heavy atom. The highest BCUT2D eigenvalue weighted by Gasteiger charge is 2.41. The summed E-state index contributed by atoms with van der Waals surface area (Å²) in [7, 11) is 0. The molecule has 8 nitrogen and oxygen atoms in total. The van der Waals surface area contributed by atoms with Crippen LogP contribution in [0.1, 0.15) is 41.4 Å². The van der Waals surface area contributed by atoms with Gasteiger partial charge in [0.25, 0.3) is 11.5 Å². The summed E-state index contributed by atoms with van der Waals surface area (Å²) in [4.78, 5) is 27.2. The number of primary amides is 1. The van der Waals surface area contributed by atoms with Gasteiger partial charge in [-0.05, 0) is 25.0 Å². The van der Waals surface area contributed by atoms with Gasteiger partial charge in [0, 0.05) is 30.0 Å². The van der Waals surface area contributed by atoms with Crippen molar-refractivity contribution in [1.82, 2.24) is 14.8 Å². The SMILES string of the molecule is NC(=O)c1cc(-c2nn(C3CCC4(CC3)OCCO4)c3cc[nH]c(=O)c23)cs1. The molecule has 3 N–H and O–H groups in total. The van der Waals surface area contributed by atoms with Crippen LogP contribution in [0, 0.1) is 0 Å². The molecule has 1 spiro atoms. The lowest BCUT2D eigenvalue weighted by atomic mass is 9.90. The summed E-state index contributed by atoms with van der Waals surface area (Å²) in [5, 5.41) is 7.15. The normalized spacial score (nSPS) is 19.6. The van der Waals surface area contributed by atoms with E-state index in [0.29, 0.717) is 29.2 Å². The molecule has 1 amide bonds. The van der Waals surface area contributed by atoms with E-state index in [-0.39, 0.29) is 11.6 Å². The molecular formula is C19H20N4O4S. The first-order valence-electron chi connectivity index (χ1n) is 9.33. The molecule has 2 aliphatic rings. The van der Waals surface area contributed by atoms with Gasteiger partial charge in [-0.2, -0.15) is 5.10 Å². The third kappa shape index (κ3) is 2.78. The fourth-order valence-electron chi connectivity index (χ4n) is 4.24. The maximum absolute atomic E-state index is 12.6. The number of thiophene rings is 1. The first-order chi connectivity index (χ1) is 13.6. The molecule has 3 aromatic rings. The zero-order chi connectivity index (χ0) is 19.3. The van der Waals surface area contributed by atoms with E-state index >= 15 is 0 Å². The minimum absolute atomic E-state index is 0.158. The summed E-state index contributed by atoms with van der Waals surface area (Å²) in [6.07, 6.45) is 4.98. The first kappa shape index (κ1) is 17.6. The summed E-state index contributed by atoms with van der Waals surface area (Å²) in [6, 6.07) is 3.73. The van der Waals surface area contributed by atoms with Crippen molar-refractivity contribution in [2.75, 3.05) is 13.2 Å². The van der Waals surface area contributed by atoms with Gasteiger partial charge in [-0.15, -0.1) is 11.3 Å². The van der Waals surface area contributed by atoms with E-state index < -0.39 is 11.7 Å². The van der Waals surface area contributed by atoms with E-state index in [1.807, 2.05) is 16.1 Å². The predicted octanol–water partition coefficient (Wildman–Crippen LogP) is 2.41. The summed E-state index contributed by atoms with van der Waals surface area (Å²) in [5.41, 5.74) is 7.29. The van der Waals surface area contributed by atoms with Crippen molar-refractivity contribution in [3.05, 3.63) is 38.9 Å². The molecule has 0 unspecified atom stereocenters. The van der Waals surface area contributed by atoms with Crippen LogP contribution in [0.25, 0.3) is 22.2 Å². The number of carbonyl (C=O) groups excluding carboxylic acids is 1. The van der Waals surface area contributed by atoms with Crippen LogP contribution in [-0.2, 0) is 9.47 Å². The molecule has 146 valence electrons. The standard InChI is InChI=1S/C19H20N4O4S/c20-17(24)14-9-11(10-28-14)16-15-13(3-6-21-18(15)25)23(22-16)12-1-4-19(5-2-12)26-7-8-27-19/h3,6,9-10,12H,1-2,4-5,7-8H2,(H2,20,24)(H,21,25). The Kier molecular flexibility index (Phi) is 4.11. The highest BCUT2D eigenvalue weighted by Crippen LogP contribution is 2.41. The molecule has 0 radical (unpaired) electrons. The Morgan fingerprint density at radius 1 is 1.32 bits per heavy atom. The van der Waals surface area contributed by atoms with Crippen molar-refractivity contribution in [3.63, 3.8) is 0 Å². The largest absolute Gasteiger partial charge is 0.365 e. The van der Waals surface area contributed by atoms with Crippen molar-refractivity contribution in [3.8, 4) is 11.3 Å². The lowest BCUT2D eigenvalue weighted by Crippen LogP contribution is -2.36. The van der Waals surface area contributed by atoms with Gasteiger partial charge in [0.2, 0.25) is 0 Å². The van der Waals surface area contributed by atoms with Gasteiger partial charge in [0.05, 0.1) is 35.0 Å². The van der Waals surface area contributed by atoms with Crippen LogP contribution in [0.3, 0.4) is 0 Å². The van der Waals surface area contributed by atoms with Crippen molar-refractivity contribution >= 4 is 28.1 Å². The summed E-state index contributed by atoms with van der Waals surface area (Å²) >= 11 is 1.26. The number of hydrogen-bond donors (Lipinski definition) is 2. The van der Waals surface area contributed by atoms with Crippen LogP contribution < -0.4 is 11.3 Å². The summed E-state index contributed by atoms with van der Waals surface area (Å²) in [5.74, 6) is -0.924. The molecule has 0 atom stereocenters. The second-order valence-electron chi connectivity index (χ2n) is 7.26. The second kappa shape index (κ2) is 6.54. The topological polar surface area (TPSA) is 112 Å². The number of ether oxygens (including phenoxy) is 2. The zero-order valence-electron chi connectivity index (χ0n) is 15.1. The van der Waals surface area contributed by atoms with Crippen LogP contribution in [0.15, 0.2) is 28.5 Å². The molecule has 0 aromatic carbocycles. The molecule has 2 fully saturated rings. The van der Waals surface area contributed by atoms with Gasteiger partial charge in [0.15, 0.2) is 5.79 Å². The lowest BCUT2D eigenvalue weighted by Gasteiger charge is -2.35. The number of aromatic nitrogens is 3. The van der Waals surface area contributed by atoms with Crippen molar-refractivity contribution in [2.24, 2.45) is 5.73 Å². The number of hydrogen-bond acceptors (Lipinski definition) is 6. The van der Waals surface area contributed by atoms with E-state index in [4.69, 9.17) is 20.3 Å². The fourth-order valence-corrected chi connectivity index (χ4v) is 4.99. The van der Waals surface area contributed by atoms with E-state index in [2.05, 4.69) is 4.98 Å². The average Bonchev–Trinajstić information content (AvgIpc) is 3.41. The number of pyridine rings is 1. The Morgan fingerprint density at radius 2 is 2.07 bits per heavy atom. The molecule has 9 heteroatoms. The Hall–Kier alpha value is -2.49. The molecule has 4 heterocycles. The number of nitrogens with two attached hydrogens (primary N) is 1. The Labute approximate surface area is 164 Å². The van der Waals surface area contributed by atoms with Crippen LogP contribution >= 0.6 is 11.3 Å². The molecule has 5 rings (SSSR count). The highest BCUT2D eigenvalue weighted by atomic mass is 32.1. The molecule has 1 aliphatic heterocycles. The van der Waals surface area contributed by atoms with Crippen LogP contribution in [0.5, 0.6) is 0 Å². The van der Waals surface area contributed by atoms with Gasteiger partial charge >= 0.3 is 0 Å². The third-order valence-electron chi connectivity index (χ3n) is 5.62. The quantitative estimate of drug-likeness (QED) is 0.701. The van der Waals surface area contributed by atoms with Gasteiger partial charge in [-0.25, -0.2) is 0 Å². The van der Waals surface area contributed by atoms with Crippen molar-refractivity contribution in [2.45, 2.75) is 37.5 Å². The minimum atomic E-state index is -0.483.